The van der Waals surface area contributed by atoms with Gasteiger partial charge in [-0.05, 0) is 30.3 Å². The summed E-state index contributed by atoms with van der Waals surface area (Å²) >= 11 is 1.43. The number of sulfonamides is 1. The minimum atomic E-state index is -3.78. The number of aromatic nitrogens is 2. The third-order valence-electron chi connectivity index (χ3n) is 3.81. The number of amides is 1. The number of fused-ring (bicyclic) bond motifs is 1. The molecule has 2 aromatic carbocycles. The number of para-hydroxylation sites is 1. The molecule has 0 aliphatic carbocycles. The highest BCUT2D eigenvalue weighted by atomic mass is 32.2. The largest absolute Gasteiger partial charge is 0.438 e. The van der Waals surface area contributed by atoms with Crippen molar-refractivity contribution in [2.75, 3.05) is 5.32 Å². The number of carbonyl (C=O) groups is 1. The van der Waals surface area contributed by atoms with E-state index in [9.17, 15) is 13.2 Å². The van der Waals surface area contributed by atoms with Crippen molar-refractivity contribution in [3.05, 3.63) is 71.9 Å². The molecule has 142 valence electrons. The van der Waals surface area contributed by atoms with Crippen molar-refractivity contribution in [3.8, 4) is 0 Å². The Morgan fingerprint density at radius 2 is 2.00 bits per heavy atom. The second-order valence-corrected chi connectivity index (χ2v) is 8.63. The maximum atomic E-state index is 12.6. The maximum absolute atomic E-state index is 12.6. The van der Waals surface area contributed by atoms with Gasteiger partial charge in [0, 0.05) is 5.69 Å². The first kappa shape index (κ1) is 18.3. The molecule has 0 saturated heterocycles. The number of nitrogens with one attached hydrogen (secondary N) is 2. The second-order valence-electron chi connectivity index (χ2n) is 5.75. The van der Waals surface area contributed by atoms with Crippen molar-refractivity contribution < 1.29 is 17.6 Å². The van der Waals surface area contributed by atoms with E-state index in [1.807, 2.05) is 24.3 Å². The summed E-state index contributed by atoms with van der Waals surface area (Å²) < 4.78 is 33.7. The summed E-state index contributed by atoms with van der Waals surface area (Å²) in [5.74, 6) is -0.489. The molecule has 2 N–H and O–H groups in total. The fourth-order valence-electron chi connectivity index (χ4n) is 2.50. The molecule has 0 radical (unpaired) electrons. The number of hydrogen-bond acceptors (Lipinski definition) is 7. The van der Waals surface area contributed by atoms with Gasteiger partial charge in [-0.25, -0.2) is 23.1 Å². The lowest BCUT2D eigenvalue weighted by Crippen LogP contribution is -2.23. The van der Waals surface area contributed by atoms with Gasteiger partial charge in [0.05, 0.1) is 27.9 Å². The average molecular weight is 414 g/mol. The summed E-state index contributed by atoms with van der Waals surface area (Å²) in [6.45, 7) is 0.0797. The van der Waals surface area contributed by atoms with Crippen LogP contribution in [0.15, 0.2) is 70.4 Å². The van der Waals surface area contributed by atoms with Crippen LogP contribution in [-0.2, 0) is 16.6 Å². The van der Waals surface area contributed by atoms with Gasteiger partial charge in [0.1, 0.15) is 5.01 Å². The van der Waals surface area contributed by atoms with Gasteiger partial charge in [0.25, 0.3) is 5.91 Å². The Bertz CT molecular complexity index is 1200. The minimum absolute atomic E-state index is 0.0298. The Labute approximate surface area is 164 Å². The van der Waals surface area contributed by atoms with E-state index in [-0.39, 0.29) is 17.2 Å². The van der Waals surface area contributed by atoms with Crippen molar-refractivity contribution in [2.24, 2.45) is 0 Å². The molecule has 8 nitrogen and oxygen atoms in total. The zero-order valence-electron chi connectivity index (χ0n) is 14.3. The monoisotopic (exact) mass is 414 g/mol. The Morgan fingerprint density at radius 3 is 2.79 bits per heavy atom. The van der Waals surface area contributed by atoms with Crippen molar-refractivity contribution in [3.63, 3.8) is 0 Å². The van der Waals surface area contributed by atoms with Crippen molar-refractivity contribution in [2.45, 2.75) is 11.4 Å². The van der Waals surface area contributed by atoms with Crippen LogP contribution in [0.5, 0.6) is 0 Å². The third kappa shape index (κ3) is 3.93. The molecule has 10 heteroatoms. The number of rotatable bonds is 6. The van der Waals surface area contributed by atoms with Crippen LogP contribution in [0.3, 0.4) is 0 Å². The highest BCUT2D eigenvalue weighted by Crippen LogP contribution is 2.22. The van der Waals surface area contributed by atoms with Crippen LogP contribution in [0.2, 0.25) is 0 Å². The quantitative estimate of drug-likeness (QED) is 0.501. The smallest absolute Gasteiger partial charge is 0.293 e. The van der Waals surface area contributed by atoms with Gasteiger partial charge in [-0.2, -0.15) is 0 Å². The molecule has 2 aromatic heterocycles. The number of thiazole rings is 1. The summed E-state index contributed by atoms with van der Waals surface area (Å²) in [6, 6.07) is 13.6. The first-order valence-electron chi connectivity index (χ1n) is 8.15. The molecular formula is C18H14N4O4S2. The SMILES string of the molecule is O=C(Nc1cccc(S(=O)(=O)NCc2nc3ccccc3s2)c1)c1cnco1. The summed E-state index contributed by atoms with van der Waals surface area (Å²) in [5, 5.41) is 3.24. The fourth-order valence-corrected chi connectivity index (χ4v) is 4.53. The maximum Gasteiger partial charge on any atom is 0.293 e. The standard InChI is InChI=1S/C18H14N4O4S2/c23-18(15-9-19-11-26-15)21-12-4-3-5-13(8-12)28(24,25)20-10-17-22-14-6-1-2-7-16(14)27-17/h1-9,11,20H,10H2,(H,21,23). The van der Waals surface area contributed by atoms with E-state index in [1.165, 1.54) is 29.7 Å². The van der Waals surface area contributed by atoms with Gasteiger partial charge >= 0.3 is 0 Å². The molecule has 4 aromatic rings. The second kappa shape index (κ2) is 7.50. The van der Waals surface area contributed by atoms with Crippen LogP contribution in [0.1, 0.15) is 15.6 Å². The Morgan fingerprint density at radius 1 is 1.14 bits per heavy atom. The van der Waals surface area contributed by atoms with E-state index in [0.29, 0.717) is 10.7 Å². The van der Waals surface area contributed by atoms with Crippen molar-refractivity contribution in [1.29, 1.82) is 0 Å². The van der Waals surface area contributed by atoms with Crippen molar-refractivity contribution in [1.82, 2.24) is 14.7 Å². The molecule has 0 aliphatic heterocycles. The van der Waals surface area contributed by atoms with Gasteiger partial charge in [-0.1, -0.05) is 18.2 Å². The molecule has 4 rings (SSSR count). The van der Waals surface area contributed by atoms with Crippen LogP contribution >= 0.6 is 11.3 Å². The van der Waals surface area contributed by atoms with E-state index in [2.05, 4.69) is 20.0 Å². The topological polar surface area (TPSA) is 114 Å². The Hall–Kier alpha value is -3.08. The Balaban J connectivity index is 1.48. The average Bonchev–Trinajstić information content (AvgIpc) is 3.36. The molecular weight excluding hydrogens is 400 g/mol. The van der Waals surface area contributed by atoms with Gasteiger partial charge in [0.2, 0.25) is 15.8 Å². The Kier molecular flexibility index (Phi) is 4.90. The highest BCUT2D eigenvalue weighted by molar-refractivity contribution is 7.89. The van der Waals surface area contributed by atoms with Gasteiger partial charge in [-0.15, -0.1) is 11.3 Å². The predicted molar refractivity (Wildman–Crippen MR) is 105 cm³/mol. The molecule has 0 fully saturated rings. The molecule has 1 amide bonds. The van der Waals surface area contributed by atoms with Crippen LogP contribution in [0, 0.1) is 0 Å². The van der Waals surface area contributed by atoms with E-state index in [0.717, 1.165) is 16.6 Å². The van der Waals surface area contributed by atoms with E-state index in [1.54, 1.807) is 12.1 Å². The number of oxazole rings is 1. The van der Waals surface area contributed by atoms with E-state index >= 15 is 0 Å². The molecule has 28 heavy (non-hydrogen) atoms. The highest BCUT2D eigenvalue weighted by Gasteiger charge is 2.17. The summed E-state index contributed by atoms with van der Waals surface area (Å²) in [4.78, 5) is 20.1. The zero-order valence-corrected chi connectivity index (χ0v) is 16.0. The van der Waals surface area contributed by atoms with Crippen molar-refractivity contribution >= 4 is 43.2 Å². The third-order valence-corrected chi connectivity index (χ3v) is 6.25. The van der Waals surface area contributed by atoms with Gasteiger partial charge < -0.3 is 9.73 Å². The lowest BCUT2D eigenvalue weighted by atomic mass is 10.3. The molecule has 0 bridgehead atoms. The van der Waals surface area contributed by atoms with E-state index < -0.39 is 15.9 Å². The minimum Gasteiger partial charge on any atom is -0.438 e. The number of anilines is 1. The molecule has 0 saturated carbocycles. The van der Waals surface area contributed by atoms with E-state index in [4.69, 9.17) is 4.42 Å². The van der Waals surface area contributed by atoms with Crippen LogP contribution in [0.4, 0.5) is 5.69 Å². The number of hydrogen-bond donors (Lipinski definition) is 2. The number of nitrogens with zero attached hydrogens (tertiary/aromatic N) is 2. The predicted octanol–water partition coefficient (Wildman–Crippen LogP) is 3.02. The lowest BCUT2D eigenvalue weighted by Gasteiger charge is -2.08. The van der Waals surface area contributed by atoms with Crippen LogP contribution < -0.4 is 10.0 Å². The number of benzene rings is 2. The number of carbonyl (C=O) groups excluding carboxylic acids is 1. The van der Waals surface area contributed by atoms with Gasteiger partial charge in [0.15, 0.2) is 6.39 Å². The summed E-state index contributed by atoms with van der Waals surface area (Å²) in [7, 11) is -3.78. The summed E-state index contributed by atoms with van der Waals surface area (Å²) in [6.07, 6.45) is 2.41. The molecule has 0 spiro atoms. The normalized spacial score (nSPS) is 11.6. The first-order chi connectivity index (χ1) is 13.5. The van der Waals surface area contributed by atoms with Gasteiger partial charge in [-0.3, -0.25) is 4.79 Å². The first-order valence-corrected chi connectivity index (χ1v) is 10.5. The summed E-state index contributed by atoms with van der Waals surface area (Å²) in [5.41, 5.74) is 1.16. The fraction of sp³-hybridized carbons (Fsp3) is 0.0556. The molecule has 0 atom stereocenters. The zero-order chi connectivity index (χ0) is 19.6. The molecule has 0 unspecified atom stereocenters. The van der Waals surface area contributed by atoms with Crippen LogP contribution in [0.25, 0.3) is 10.2 Å². The van der Waals surface area contributed by atoms with Crippen LogP contribution in [-0.4, -0.2) is 24.3 Å². The lowest BCUT2D eigenvalue weighted by molar-refractivity contribution is 0.0996. The molecule has 0 aliphatic rings. The molecule has 2 heterocycles.